The van der Waals surface area contributed by atoms with Crippen LogP contribution in [0.4, 0.5) is 0 Å². The zero-order valence-electron chi connectivity index (χ0n) is 7.23. The van der Waals surface area contributed by atoms with E-state index in [1.54, 1.807) is 0 Å². The van der Waals surface area contributed by atoms with Crippen molar-refractivity contribution in [2.24, 2.45) is 5.92 Å². The summed E-state index contributed by atoms with van der Waals surface area (Å²) in [4.78, 5) is 4.08. The maximum Gasteiger partial charge on any atom is 0.0848 e. The second-order valence-corrected chi connectivity index (χ2v) is 3.09. The van der Waals surface area contributed by atoms with E-state index in [4.69, 9.17) is 5.26 Å². The highest BCUT2D eigenvalue weighted by atomic mass is 17.1. The van der Waals surface area contributed by atoms with Crippen molar-refractivity contribution < 1.29 is 10.1 Å². The molecule has 0 fully saturated rings. The molecule has 0 aliphatic rings. The van der Waals surface area contributed by atoms with E-state index in [0.717, 1.165) is 6.42 Å². The zero-order chi connectivity index (χ0) is 8.81. The normalized spacial score (nSPS) is 12.8. The first-order chi connectivity index (χ1) is 5.83. The quantitative estimate of drug-likeness (QED) is 0.549. The fourth-order valence-electron chi connectivity index (χ4n) is 1.20. The monoisotopic (exact) mass is 166 g/mol. The van der Waals surface area contributed by atoms with Crippen LogP contribution in [0.2, 0.25) is 0 Å². The Morgan fingerprint density at radius 1 is 1.33 bits per heavy atom. The van der Waals surface area contributed by atoms with Crippen LogP contribution in [0.3, 0.4) is 0 Å². The molecule has 1 N–H and O–H groups in total. The van der Waals surface area contributed by atoms with E-state index >= 15 is 0 Å². The van der Waals surface area contributed by atoms with Crippen molar-refractivity contribution in [1.29, 1.82) is 0 Å². The van der Waals surface area contributed by atoms with Gasteiger partial charge in [0, 0.05) is 0 Å². The van der Waals surface area contributed by atoms with E-state index in [1.165, 1.54) is 5.56 Å². The summed E-state index contributed by atoms with van der Waals surface area (Å²) < 4.78 is 0. The van der Waals surface area contributed by atoms with Gasteiger partial charge in [-0.25, -0.2) is 4.89 Å². The molecule has 0 aliphatic heterocycles. The average Bonchev–Trinajstić information content (AvgIpc) is 2.06. The first-order valence-electron chi connectivity index (χ1n) is 4.13. The van der Waals surface area contributed by atoms with Crippen molar-refractivity contribution in [2.45, 2.75) is 13.3 Å². The van der Waals surface area contributed by atoms with Gasteiger partial charge in [0.2, 0.25) is 0 Å². The Balaban J connectivity index is 2.41. The maximum absolute atomic E-state index is 8.21. The van der Waals surface area contributed by atoms with E-state index in [1.807, 2.05) is 25.1 Å². The molecule has 1 aromatic rings. The van der Waals surface area contributed by atoms with E-state index in [-0.39, 0.29) is 0 Å². The second kappa shape index (κ2) is 4.91. The van der Waals surface area contributed by atoms with Gasteiger partial charge in [-0.2, -0.15) is 0 Å². The van der Waals surface area contributed by atoms with Gasteiger partial charge in [-0.15, -0.1) is 0 Å². The summed E-state index contributed by atoms with van der Waals surface area (Å²) >= 11 is 0. The van der Waals surface area contributed by atoms with Crippen molar-refractivity contribution >= 4 is 0 Å². The zero-order valence-corrected chi connectivity index (χ0v) is 7.23. The second-order valence-electron chi connectivity index (χ2n) is 3.09. The molecule has 0 aromatic heterocycles. The lowest BCUT2D eigenvalue weighted by Crippen LogP contribution is -2.06. The Bertz CT molecular complexity index is 208. The largest absolute Gasteiger partial charge is 0.252 e. The highest BCUT2D eigenvalue weighted by Crippen LogP contribution is 2.07. The molecule has 0 bridgehead atoms. The number of hydrogen-bond donors (Lipinski definition) is 1. The predicted molar refractivity (Wildman–Crippen MR) is 47.9 cm³/mol. The lowest BCUT2D eigenvalue weighted by atomic mass is 10.0. The summed E-state index contributed by atoms with van der Waals surface area (Å²) in [6.45, 7) is 2.44. The van der Waals surface area contributed by atoms with Gasteiger partial charge < -0.3 is 0 Å². The van der Waals surface area contributed by atoms with Crippen LogP contribution in [0.15, 0.2) is 30.3 Å². The molecule has 0 amide bonds. The summed E-state index contributed by atoms with van der Waals surface area (Å²) in [5.74, 6) is 0.359. The van der Waals surface area contributed by atoms with Gasteiger partial charge in [-0.3, -0.25) is 5.26 Å². The molecule has 1 aromatic carbocycles. The van der Waals surface area contributed by atoms with Crippen LogP contribution in [-0.2, 0) is 11.3 Å². The molecule has 0 spiro atoms. The van der Waals surface area contributed by atoms with Crippen LogP contribution in [0.5, 0.6) is 0 Å². The van der Waals surface area contributed by atoms with Crippen molar-refractivity contribution in [2.75, 3.05) is 6.61 Å². The Morgan fingerprint density at radius 2 is 2.00 bits per heavy atom. The van der Waals surface area contributed by atoms with E-state index in [2.05, 4.69) is 17.0 Å². The van der Waals surface area contributed by atoms with Gasteiger partial charge in [-0.1, -0.05) is 37.3 Å². The van der Waals surface area contributed by atoms with Crippen LogP contribution >= 0.6 is 0 Å². The van der Waals surface area contributed by atoms with E-state index in [0.29, 0.717) is 12.5 Å². The Labute approximate surface area is 72.7 Å². The summed E-state index contributed by atoms with van der Waals surface area (Å²) in [6.07, 6.45) is 0.946. The summed E-state index contributed by atoms with van der Waals surface area (Å²) in [6, 6.07) is 10.2. The Hall–Kier alpha value is -0.860. The molecule has 2 nitrogen and oxygen atoms in total. The minimum atomic E-state index is 0.359. The highest BCUT2D eigenvalue weighted by molar-refractivity contribution is 5.14. The summed E-state index contributed by atoms with van der Waals surface area (Å²) in [7, 11) is 0. The molecule has 0 heterocycles. The highest BCUT2D eigenvalue weighted by Gasteiger charge is 2.02. The van der Waals surface area contributed by atoms with Crippen molar-refractivity contribution in [1.82, 2.24) is 0 Å². The summed E-state index contributed by atoms with van der Waals surface area (Å²) in [5, 5.41) is 8.21. The van der Waals surface area contributed by atoms with Crippen LogP contribution in [-0.4, -0.2) is 11.9 Å². The Morgan fingerprint density at radius 3 is 2.58 bits per heavy atom. The van der Waals surface area contributed by atoms with Gasteiger partial charge in [0.15, 0.2) is 0 Å². The summed E-state index contributed by atoms with van der Waals surface area (Å²) in [5.41, 5.74) is 1.28. The number of benzene rings is 1. The van der Waals surface area contributed by atoms with Gasteiger partial charge in [0.05, 0.1) is 6.61 Å². The molecule has 0 saturated carbocycles. The van der Waals surface area contributed by atoms with Gasteiger partial charge in [0.25, 0.3) is 0 Å². The average molecular weight is 166 g/mol. The Kier molecular flexibility index (Phi) is 3.77. The van der Waals surface area contributed by atoms with Crippen LogP contribution in [0, 0.1) is 5.92 Å². The molecular formula is C10H14O2. The van der Waals surface area contributed by atoms with Gasteiger partial charge in [-0.05, 0) is 17.9 Å². The minimum absolute atomic E-state index is 0.359. The third-order valence-electron chi connectivity index (χ3n) is 1.79. The van der Waals surface area contributed by atoms with Crippen LogP contribution in [0.1, 0.15) is 12.5 Å². The van der Waals surface area contributed by atoms with E-state index < -0.39 is 0 Å². The third-order valence-corrected chi connectivity index (χ3v) is 1.79. The third kappa shape index (κ3) is 3.03. The standard InChI is InChI=1S/C10H14O2/c1-9(8-12-11)7-10-5-3-2-4-6-10/h2-6,9,11H,7-8H2,1H3. The van der Waals surface area contributed by atoms with Crippen molar-refractivity contribution in [3.8, 4) is 0 Å². The molecule has 0 radical (unpaired) electrons. The molecular weight excluding hydrogens is 152 g/mol. The number of hydrogen-bond acceptors (Lipinski definition) is 2. The lowest BCUT2D eigenvalue weighted by Gasteiger charge is -2.07. The minimum Gasteiger partial charge on any atom is -0.252 e. The van der Waals surface area contributed by atoms with Crippen molar-refractivity contribution in [3.05, 3.63) is 35.9 Å². The van der Waals surface area contributed by atoms with Crippen molar-refractivity contribution in [3.63, 3.8) is 0 Å². The molecule has 1 unspecified atom stereocenters. The van der Waals surface area contributed by atoms with Gasteiger partial charge in [0.1, 0.15) is 0 Å². The molecule has 0 saturated heterocycles. The topological polar surface area (TPSA) is 29.5 Å². The molecule has 2 heteroatoms. The predicted octanol–water partition coefficient (Wildman–Crippen LogP) is 2.35. The fourth-order valence-corrected chi connectivity index (χ4v) is 1.20. The van der Waals surface area contributed by atoms with Crippen LogP contribution in [0.25, 0.3) is 0 Å². The molecule has 1 atom stereocenters. The molecule has 0 aliphatic carbocycles. The first-order valence-corrected chi connectivity index (χ1v) is 4.13. The van der Waals surface area contributed by atoms with Crippen LogP contribution < -0.4 is 0 Å². The molecule has 1 rings (SSSR count). The smallest absolute Gasteiger partial charge is 0.0848 e. The molecule has 12 heavy (non-hydrogen) atoms. The lowest BCUT2D eigenvalue weighted by molar-refractivity contribution is -0.249. The first kappa shape index (κ1) is 9.23. The van der Waals surface area contributed by atoms with Gasteiger partial charge >= 0.3 is 0 Å². The molecule has 66 valence electrons. The fraction of sp³-hybridized carbons (Fsp3) is 0.400. The maximum atomic E-state index is 8.21. The van der Waals surface area contributed by atoms with E-state index in [9.17, 15) is 0 Å². The SMILES string of the molecule is CC(COO)Cc1ccccc1. The number of rotatable bonds is 4.